The van der Waals surface area contributed by atoms with Crippen LogP contribution >= 0.6 is 0 Å². The highest BCUT2D eigenvalue weighted by Crippen LogP contribution is 2.36. The van der Waals surface area contributed by atoms with Gasteiger partial charge in [-0.3, -0.25) is 4.79 Å². The van der Waals surface area contributed by atoms with Gasteiger partial charge in [0.15, 0.2) is 0 Å². The van der Waals surface area contributed by atoms with Crippen molar-refractivity contribution in [3.05, 3.63) is 53.6 Å². The Hall–Kier alpha value is -2.66. The number of aliphatic hydroxyl groups is 2. The zero-order valence-corrected chi connectivity index (χ0v) is 19.9. The Balaban J connectivity index is 1.95. The van der Waals surface area contributed by atoms with E-state index in [0.717, 1.165) is 12.1 Å². The van der Waals surface area contributed by atoms with E-state index in [-0.39, 0.29) is 11.7 Å². The molecule has 1 heterocycles. The standard InChI is InChI=1S/C25H30F3NO6/c1-14(30)29-11-10-15-8-9-18(13-19(15)16-6-5-7-17(12-16)25(26,27)28)34-23-21(32)20(31)22(33-4)24(2,3)35-23/h5-9,12-13,20-23,31-32H,10-11H2,1-4H3,(H,29,30)/t20-,21+,22+,23?/m0/s1. The molecule has 0 aromatic heterocycles. The van der Waals surface area contributed by atoms with Gasteiger partial charge >= 0.3 is 6.18 Å². The molecule has 1 aliphatic heterocycles. The summed E-state index contributed by atoms with van der Waals surface area (Å²) in [5.41, 5.74) is -0.307. The minimum atomic E-state index is -4.51. The number of carbonyl (C=O) groups is 1. The van der Waals surface area contributed by atoms with Crippen LogP contribution < -0.4 is 10.1 Å². The Bertz CT molecular complexity index is 1040. The predicted molar refractivity (Wildman–Crippen MR) is 122 cm³/mol. The topological polar surface area (TPSA) is 97.3 Å². The highest BCUT2D eigenvalue weighted by atomic mass is 19.4. The first-order chi connectivity index (χ1) is 16.3. The Labute approximate surface area is 201 Å². The van der Waals surface area contributed by atoms with Crippen molar-refractivity contribution in [2.75, 3.05) is 13.7 Å². The van der Waals surface area contributed by atoms with E-state index >= 15 is 0 Å². The fraction of sp³-hybridized carbons (Fsp3) is 0.480. The number of alkyl halides is 3. The first-order valence-electron chi connectivity index (χ1n) is 11.1. The van der Waals surface area contributed by atoms with Gasteiger partial charge in [0.05, 0.1) is 11.2 Å². The molecule has 4 atom stereocenters. The van der Waals surface area contributed by atoms with Gasteiger partial charge in [-0.25, -0.2) is 0 Å². The van der Waals surface area contributed by atoms with E-state index in [0.29, 0.717) is 29.7 Å². The molecule has 2 aromatic rings. The zero-order chi connectivity index (χ0) is 26.0. The molecule has 1 amide bonds. The number of rotatable bonds is 7. The van der Waals surface area contributed by atoms with Crippen LogP contribution in [0, 0.1) is 0 Å². The Morgan fingerprint density at radius 3 is 2.49 bits per heavy atom. The summed E-state index contributed by atoms with van der Waals surface area (Å²) >= 11 is 0. The molecule has 35 heavy (non-hydrogen) atoms. The van der Waals surface area contributed by atoms with Gasteiger partial charge in [-0.1, -0.05) is 18.2 Å². The van der Waals surface area contributed by atoms with Crippen LogP contribution in [0.4, 0.5) is 13.2 Å². The Morgan fingerprint density at radius 1 is 1.14 bits per heavy atom. The van der Waals surface area contributed by atoms with Gasteiger partial charge in [0.1, 0.15) is 24.1 Å². The van der Waals surface area contributed by atoms with Crippen LogP contribution in [0.5, 0.6) is 5.75 Å². The van der Waals surface area contributed by atoms with E-state index in [9.17, 15) is 28.2 Å². The molecule has 192 valence electrons. The maximum atomic E-state index is 13.3. The summed E-state index contributed by atoms with van der Waals surface area (Å²) in [6.07, 6.45) is -8.90. The molecule has 1 unspecified atom stereocenters. The van der Waals surface area contributed by atoms with Gasteiger partial charge in [-0.2, -0.15) is 13.2 Å². The maximum absolute atomic E-state index is 13.3. The van der Waals surface area contributed by atoms with Gasteiger partial charge < -0.3 is 29.7 Å². The average molecular weight is 498 g/mol. The minimum absolute atomic E-state index is 0.218. The lowest BCUT2D eigenvalue weighted by molar-refractivity contribution is -0.305. The van der Waals surface area contributed by atoms with E-state index in [1.807, 2.05) is 0 Å². The summed E-state index contributed by atoms with van der Waals surface area (Å²) in [5.74, 6) is 0.00754. The number of benzene rings is 2. The van der Waals surface area contributed by atoms with Crippen molar-refractivity contribution in [3.8, 4) is 16.9 Å². The highest BCUT2D eigenvalue weighted by molar-refractivity contribution is 5.73. The molecule has 0 saturated carbocycles. The molecule has 0 bridgehead atoms. The third-order valence-electron chi connectivity index (χ3n) is 5.90. The molecule has 10 heteroatoms. The number of nitrogens with one attached hydrogen (secondary N) is 1. The second kappa shape index (κ2) is 10.5. The summed E-state index contributed by atoms with van der Waals surface area (Å²) in [6.45, 7) is 5.05. The number of halogens is 3. The lowest BCUT2D eigenvalue weighted by Gasteiger charge is -2.46. The van der Waals surface area contributed by atoms with Crippen molar-refractivity contribution in [1.29, 1.82) is 0 Å². The lowest BCUT2D eigenvalue weighted by Crippen LogP contribution is -2.63. The third kappa shape index (κ3) is 6.32. The summed E-state index contributed by atoms with van der Waals surface area (Å²) in [6, 6.07) is 9.74. The van der Waals surface area contributed by atoms with Crippen LogP contribution in [0.2, 0.25) is 0 Å². The predicted octanol–water partition coefficient (Wildman–Crippen LogP) is 3.30. The molecule has 1 aliphatic rings. The fourth-order valence-corrected chi connectivity index (χ4v) is 4.19. The van der Waals surface area contributed by atoms with Gasteiger partial charge in [-0.15, -0.1) is 0 Å². The second-order valence-corrected chi connectivity index (χ2v) is 8.98. The SMILES string of the molecule is CO[C@@H]1[C@@H](O)[C@@H](O)C(Oc2ccc(CCNC(C)=O)c(-c3cccc(C(F)(F)F)c3)c2)OC1(C)C. The van der Waals surface area contributed by atoms with Gasteiger partial charge in [0.25, 0.3) is 0 Å². The maximum Gasteiger partial charge on any atom is 0.416 e. The molecule has 2 aromatic carbocycles. The van der Waals surface area contributed by atoms with E-state index in [1.165, 1.54) is 20.1 Å². The monoisotopic (exact) mass is 497 g/mol. The molecular weight excluding hydrogens is 467 g/mol. The fourth-order valence-electron chi connectivity index (χ4n) is 4.19. The molecular formula is C25H30F3NO6. The smallest absolute Gasteiger partial charge is 0.416 e. The van der Waals surface area contributed by atoms with E-state index in [2.05, 4.69) is 5.32 Å². The van der Waals surface area contributed by atoms with Gasteiger partial charge in [-0.05, 0) is 61.2 Å². The van der Waals surface area contributed by atoms with Crippen molar-refractivity contribution in [2.24, 2.45) is 0 Å². The average Bonchev–Trinajstić information content (AvgIpc) is 2.77. The van der Waals surface area contributed by atoms with Crippen LogP contribution in [-0.4, -0.2) is 60.0 Å². The Morgan fingerprint density at radius 2 is 1.86 bits per heavy atom. The molecule has 0 radical (unpaired) electrons. The number of methoxy groups -OCH3 is 1. The normalized spacial score (nSPS) is 24.1. The molecule has 1 saturated heterocycles. The van der Waals surface area contributed by atoms with Crippen LogP contribution in [-0.2, 0) is 26.9 Å². The third-order valence-corrected chi connectivity index (χ3v) is 5.90. The van der Waals surface area contributed by atoms with Gasteiger partial charge in [0, 0.05) is 20.6 Å². The number of ether oxygens (including phenoxy) is 3. The van der Waals surface area contributed by atoms with Crippen molar-refractivity contribution in [1.82, 2.24) is 5.32 Å². The van der Waals surface area contributed by atoms with Crippen molar-refractivity contribution >= 4 is 5.91 Å². The minimum Gasteiger partial charge on any atom is -0.462 e. The number of carbonyl (C=O) groups excluding carboxylic acids is 1. The lowest BCUT2D eigenvalue weighted by atomic mass is 9.89. The van der Waals surface area contributed by atoms with Crippen molar-refractivity contribution < 1.29 is 42.4 Å². The molecule has 1 fully saturated rings. The summed E-state index contributed by atoms with van der Waals surface area (Å²) in [5, 5.41) is 23.7. The highest BCUT2D eigenvalue weighted by Gasteiger charge is 2.50. The summed E-state index contributed by atoms with van der Waals surface area (Å²) in [4.78, 5) is 11.3. The molecule has 3 N–H and O–H groups in total. The van der Waals surface area contributed by atoms with Gasteiger partial charge in [0.2, 0.25) is 12.2 Å². The molecule has 3 rings (SSSR count). The number of hydrogen-bond donors (Lipinski definition) is 3. The second-order valence-electron chi connectivity index (χ2n) is 8.98. The van der Waals surface area contributed by atoms with Crippen LogP contribution in [0.15, 0.2) is 42.5 Å². The molecule has 0 spiro atoms. The van der Waals surface area contributed by atoms with E-state index in [1.54, 1.807) is 38.1 Å². The van der Waals surface area contributed by atoms with Crippen molar-refractivity contribution in [3.63, 3.8) is 0 Å². The van der Waals surface area contributed by atoms with Crippen molar-refractivity contribution in [2.45, 2.75) is 63.6 Å². The molecule has 0 aliphatic carbocycles. The number of amides is 1. The number of hydrogen-bond acceptors (Lipinski definition) is 6. The molecule has 7 nitrogen and oxygen atoms in total. The van der Waals surface area contributed by atoms with E-state index in [4.69, 9.17) is 14.2 Å². The van der Waals surface area contributed by atoms with E-state index < -0.39 is 41.9 Å². The summed E-state index contributed by atoms with van der Waals surface area (Å²) in [7, 11) is 1.40. The van der Waals surface area contributed by atoms with Crippen LogP contribution in [0.3, 0.4) is 0 Å². The Kier molecular flexibility index (Phi) is 8.10. The van der Waals surface area contributed by atoms with Crippen LogP contribution in [0.1, 0.15) is 31.9 Å². The quantitative estimate of drug-likeness (QED) is 0.543. The number of aliphatic hydroxyl groups excluding tert-OH is 2. The first-order valence-corrected chi connectivity index (χ1v) is 11.1. The first kappa shape index (κ1) is 26.9. The van der Waals surface area contributed by atoms with Crippen LogP contribution in [0.25, 0.3) is 11.1 Å². The largest absolute Gasteiger partial charge is 0.462 e. The summed E-state index contributed by atoms with van der Waals surface area (Å²) < 4.78 is 56.9. The zero-order valence-electron chi connectivity index (χ0n) is 19.9.